The molecular weight excluding hydrogens is 528 g/mol. The molecule has 1 atom stereocenters. The van der Waals surface area contributed by atoms with E-state index < -0.39 is 11.7 Å². The van der Waals surface area contributed by atoms with E-state index in [0.29, 0.717) is 12.2 Å². The summed E-state index contributed by atoms with van der Waals surface area (Å²) in [6.45, 7) is 7.77. The maximum absolute atomic E-state index is 12.8. The molecule has 2 aromatic carbocycles. The normalized spacial score (nSPS) is 12.5. The summed E-state index contributed by atoms with van der Waals surface area (Å²) in [5.74, 6) is 0.600. The maximum atomic E-state index is 12.8. The monoisotopic (exact) mass is 562 g/mol. The summed E-state index contributed by atoms with van der Waals surface area (Å²) in [5, 5.41) is 12.6. The second-order valence-electron chi connectivity index (χ2n) is 11.5. The van der Waals surface area contributed by atoms with Crippen molar-refractivity contribution in [2.24, 2.45) is 0 Å². The summed E-state index contributed by atoms with van der Waals surface area (Å²) in [6, 6.07) is 17.9. The minimum atomic E-state index is -0.613. The quantitative estimate of drug-likeness (QED) is 0.160. The van der Waals surface area contributed by atoms with Gasteiger partial charge in [-0.2, -0.15) is 5.10 Å². The molecule has 0 aliphatic heterocycles. The van der Waals surface area contributed by atoms with E-state index in [1.54, 1.807) is 6.20 Å². The largest absolute Gasteiger partial charge is 0.490 e. The number of aryl methyl sites for hydroxylation is 1. The van der Waals surface area contributed by atoms with E-state index in [2.05, 4.69) is 37.6 Å². The van der Waals surface area contributed by atoms with E-state index in [1.807, 2.05) is 88.8 Å². The number of nitrogens with zero attached hydrogens (tertiary/aromatic N) is 2. The van der Waals surface area contributed by atoms with Gasteiger partial charge in [-0.25, -0.2) is 4.79 Å². The van der Waals surface area contributed by atoms with Gasteiger partial charge in [0, 0.05) is 51.7 Å². The number of carbonyl (C=O) groups is 1. The van der Waals surface area contributed by atoms with Gasteiger partial charge < -0.3 is 24.8 Å². The minimum absolute atomic E-state index is 0.225. The Hall–Kier alpha value is -5.05. The Balaban J connectivity index is 1.30. The first kappa shape index (κ1) is 27.1. The summed E-state index contributed by atoms with van der Waals surface area (Å²) in [7, 11) is 0. The number of nitrogens with one attached hydrogen (secondary N) is 4. The summed E-state index contributed by atoms with van der Waals surface area (Å²) in [6.07, 6.45) is 7.59. The molecule has 4 heterocycles. The highest BCUT2D eigenvalue weighted by Gasteiger charge is 2.22. The lowest BCUT2D eigenvalue weighted by atomic mass is 9.99. The second-order valence-corrected chi connectivity index (χ2v) is 11.5. The Bertz CT molecular complexity index is 1850. The summed E-state index contributed by atoms with van der Waals surface area (Å²) < 4.78 is 11.9. The Kier molecular flexibility index (Phi) is 7.16. The molecule has 42 heavy (non-hydrogen) atoms. The third-order valence-electron chi connectivity index (χ3n) is 7.10. The van der Waals surface area contributed by atoms with Gasteiger partial charge in [-0.05, 0) is 75.6 Å². The lowest BCUT2D eigenvalue weighted by Gasteiger charge is -2.24. The van der Waals surface area contributed by atoms with Crippen LogP contribution in [0.25, 0.3) is 44.2 Å². The molecule has 6 aromatic rings. The Labute approximate surface area is 243 Å². The van der Waals surface area contributed by atoms with Gasteiger partial charge in [0.2, 0.25) is 0 Å². The lowest BCUT2D eigenvalue weighted by molar-refractivity contribution is 0.0488. The lowest BCUT2D eigenvalue weighted by Crippen LogP contribution is -2.43. The number of rotatable bonds is 8. The first-order valence-corrected chi connectivity index (χ1v) is 14.0. The number of para-hydroxylation sites is 1. The van der Waals surface area contributed by atoms with Crippen molar-refractivity contribution in [2.75, 3.05) is 6.61 Å². The van der Waals surface area contributed by atoms with Crippen LogP contribution in [0.5, 0.6) is 5.75 Å². The topological polar surface area (TPSA) is 121 Å². The minimum Gasteiger partial charge on any atom is -0.490 e. The Morgan fingerprint density at radius 1 is 1.02 bits per heavy atom. The van der Waals surface area contributed by atoms with Crippen molar-refractivity contribution in [3.05, 3.63) is 90.6 Å². The van der Waals surface area contributed by atoms with Crippen LogP contribution in [0.1, 0.15) is 32.0 Å². The summed E-state index contributed by atoms with van der Waals surface area (Å²) in [5.41, 5.74) is 7.18. The first-order valence-electron chi connectivity index (χ1n) is 14.0. The zero-order chi connectivity index (χ0) is 29.3. The van der Waals surface area contributed by atoms with Crippen molar-refractivity contribution in [2.45, 2.75) is 45.8 Å². The molecule has 9 nitrogen and oxygen atoms in total. The highest BCUT2D eigenvalue weighted by molar-refractivity contribution is 5.90. The summed E-state index contributed by atoms with van der Waals surface area (Å²) >= 11 is 0. The number of aromatic nitrogens is 5. The smallest absolute Gasteiger partial charge is 0.408 e. The van der Waals surface area contributed by atoms with Crippen LogP contribution in [-0.4, -0.2) is 49.5 Å². The number of fused-ring (bicyclic) bond motifs is 2. The average Bonchev–Trinajstić information content (AvgIpc) is 3.72. The molecule has 4 N–H and O–H groups in total. The van der Waals surface area contributed by atoms with Crippen molar-refractivity contribution in [1.29, 1.82) is 0 Å². The molecule has 0 saturated carbocycles. The predicted octanol–water partition coefficient (Wildman–Crippen LogP) is 6.92. The van der Waals surface area contributed by atoms with Crippen molar-refractivity contribution in [3.63, 3.8) is 0 Å². The van der Waals surface area contributed by atoms with Gasteiger partial charge in [0.05, 0.1) is 23.4 Å². The van der Waals surface area contributed by atoms with Crippen LogP contribution in [-0.2, 0) is 11.2 Å². The van der Waals surface area contributed by atoms with Gasteiger partial charge in [-0.15, -0.1) is 0 Å². The zero-order valence-electron chi connectivity index (χ0n) is 24.1. The molecule has 6 rings (SSSR count). The number of ether oxygens (including phenoxy) is 2. The number of aromatic amines is 3. The number of hydrogen-bond donors (Lipinski definition) is 4. The molecule has 0 aliphatic rings. The van der Waals surface area contributed by atoms with Gasteiger partial charge >= 0.3 is 6.09 Å². The molecule has 0 unspecified atom stereocenters. The fourth-order valence-electron chi connectivity index (χ4n) is 5.14. The van der Waals surface area contributed by atoms with Crippen molar-refractivity contribution >= 4 is 27.9 Å². The van der Waals surface area contributed by atoms with Crippen LogP contribution in [0.4, 0.5) is 4.79 Å². The summed E-state index contributed by atoms with van der Waals surface area (Å²) in [4.78, 5) is 24.0. The molecule has 214 valence electrons. The van der Waals surface area contributed by atoms with Crippen LogP contribution in [0.15, 0.2) is 79.4 Å². The fourth-order valence-corrected chi connectivity index (χ4v) is 5.14. The number of H-pyrrole nitrogens is 3. The maximum Gasteiger partial charge on any atom is 0.408 e. The predicted molar refractivity (Wildman–Crippen MR) is 165 cm³/mol. The Morgan fingerprint density at radius 3 is 2.69 bits per heavy atom. The zero-order valence-corrected chi connectivity index (χ0v) is 24.1. The molecular formula is C33H34N6O3. The van der Waals surface area contributed by atoms with E-state index in [-0.39, 0.29) is 12.6 Å². The average molecular weight is 563 g/mol. The number of carbonyl (C=O) groups excluding carboxylic acids is 1. The molecule has 0 bridgehead atoms. The number of benzene rings is 2. The molecule has 0 radical (unpaired) electrons. The first-order chi connectivity index (χ1) is 20.2. The van der Waals surface area contributed by atoms with Crippen LogP contribution in [0, 0.1) is 6.92 Å². The Morgan fingerprint density at radius 2 is 1.88 bits per heavy atom. The van der Waals surface area contributed by atoms with Gasteiger partial charge in [0.15, 0.2) is 0 Å². The van der Waals surface area contributed by atoms with Crippen LogP contribution >= 0.6 is 0 Å². The van der Waals surface area contributed by atoms with E-state index in [0.717, 1.165) is 55.4 Å². The molecule has 9 heteroatoms. The van der Waals surface area contributed by atoms with Crippen LogP contribution in [0.3, 0.4) is 0 Å². The third kappa shape index (κ3) is 5.85. The standard InChI is InChI=1S/C33H34N6O3/c1-20-27-14-21(9-10-30(27)39-38-20)28-15-25(18-36-31(28)22-11-12-34-16-22)41-19-24(37-32(40)42-33(2,3)4)13-23-17-35-29-8-6-5-7-26(23)29/h5-12,14-18,24,34-35H,13,19H2,1-4H3,(H,37,40)(H,38,39)/t24-/m0/s1. The highest BCUT2D eigenvalue weighted by atomic mass is 16.6. The highest BCUT2D eigenvalue weighted by Crippen LogP contribution is 2.35. The van der Waals surface area contributed by atoms with Gasteiger partial charge in [0.1, 0.15) is 18.0 Å². The molecule has 1 amide bonds. The molecule has 0 saturated heterocycles. The van der Waals surface area contributed by atoms with Crippen molar-refractivity contribution in [1.82, 2.24) is 30.5 Å². The van der Waals surface area contributed by atoms with Crippen LogP contribution < -0.4 is 10.1 Å². The van der Waals surface area contributed by atoms with E-state index in [1.165, 1.54) is 0 Å². The molecule has 0 spiro atoms. The number of hydrogen-bond acceptors (Lipinski definition) is 5. The SMILES string of the molecule is Cc1[nH]nc2ccc(-c3cc(OC[C@H](Cc4c[nH]c5ccccc45)NC(=O)OC(C)(C)C)cnc3-c3cc[nH]c3)cc12. The fraction of sp³-hybridized carbons (Fsp3) is 0.242. The van der Waals surface area contributed by atoms with Gasteiger partial charge in [-0.3, -0.25) is 10.1 Å². The van der Waals surface area contributed by atoms with Gasteiger partial charge in [0.25, 0.3) is 0 Å². The molecule has 4 aromatic heterocycles. The van der Waals surface area contributed by atoms with Crippen LogP contribution in [0.2, 0.25) is 0 Å². The second kappa shape index (κ2) is 11.1. The number of alkyl carbamates (subject to hydrolysis) is 1. The van der Waals surface area contributed by atoms with E-state index in [4.69, 9.17) is 14.5 Å². The van der Waals surface area contributed by atoms with Crippen molar-refractivity contribution in [3.8, 4) is 28.1 Å². The van der Waals surface area contributed by atoms with Gasteiger partial charge in [-0.1, -0.05) is 24.3 Å². The molecule has 0 fully saturated rings. The third-order valence-corrected chi connectivity index (χ3v) is 7.10. The van der Waals surface area contributed by atoms with E-state index in [9.17, 15) is 4.79 Å². The molecule has 0 aliphatic carbocycles. The number of pyridine rings is 1. The van der Waals surface area contributed by atoms with Crippen molar-refractivity contribution < 1.29 is 14.3 Å². The van der Waals surface area contributed by atoms with E-state index >= 15 is 0 Å². The number of amides is 1.